The first-order valence-electron chi connectivity index (χ1n) is 12.3. The van der Waals surface area contributed by atoms with Crippen LogP contribution in [0, 0.1) is 17.7 Å². The van der Waals surface area contributed by atoms with Crippen molar-refractivity contribution in [2.75, 3.05) is 43.9 Å². The predicted octanol–water partition coefficient (Wildman–Crippen LogP) is 5.90. The lowest BCUT2D eigenvalue weighted by Crippen LogP contribution is -2.32. The predicted molar refractivity (Wildman–Crippen MR) is 146 cm³/mol. The molecule has 1 atom stereocenters. The molecule has 198 valence electrons. The molecule has 0 saturated heterocycles. The summed E-state index contributed by atoms with van der Waals surface area (Å²) < 4.78 is 14.3. The molecule has 2 N–H and O–H groups in total. The number of benzene rings is 2. The Bertz CT molecular complexity index is 1030. The normalized spacial score (nSPS) is 12.3. The van der Waals surface area contributed by atoms with Gasteiger partial charge in [0.15, 0.2) is 0 Å². The molecule has 0 fully saturated rings. The minimum absolute atomic E-state index is 0.0252. The molecule has 0 heterocycles. The summed E-state index contributed by atoms with van der Waals surface area (Å²) >= 11 is 5.85. The minimum Gasteiger partial charge on any atom is -0.481 e. The summed E-state index contributed by atoms with van der Waals surface area (Å²) in [5, 5.41) is 12.7. The minimum atomic E-state index is -0.879. The fraction of sp³-hybridized carbons (Fsp3) is 0.500. The number of rotatable bonds is 13. The highest BCUT2D eigenvalue weighted by Gasteiger charge is 2.22. The number of carbonyl (C=O) groups is 2. The van der Waals surface area contributed by atoms with Crippen molar-refractivity contribution >= 4 is 34.9 Å². The fourth-order valence-corrected chi connectivity index (χ4v) is 4.47. The lowest BCUT2D eigenvalue weighted by atomic mass is 9.94. The average molecular weight is 520 g/mol. The highest BCUT2D eigenvalue weighted by molar-refractivity contribution is 6.30. The second kappa shape index (κ2) is 13.6. The third kappa shape index (κ3) is 9.43. The zero-order valence-corrected chi connectivity index (χ0v) is 22.9. The van der Waals surface area contributed by atoms with Gasteiger partial charge in [0.05, 0.1) is 24.2 Å². The quantitative estimate of drug-likeness (QED) is 0.345. The molecule has 36 heavy (non-hydrogen) atoms. The van der Waals surface area contributed by atoms with Crippen LogP contribution in [0.2, 0.25) is 5.02 Å². The van der Waals surface area contributed by atoms with E-state index in [0.29, 0.717) is 24.1 Å². The molecular formula is C28H39ClFN3O3. The molecule has 6 nitrogen and oxygen atoms in total. The van der Waals surface area contributed by atoms with Crippen LogP contribution in [0.3, 0.4) is 0 Å². The maximum absolute atomic E-state index is 14.3. The third-order valence-corrected chi connectivity index (χ3v) is 5.89. The summed E-state index contributed by atoms with van der Waals surface area (Å²) in [5.41, 5.74) is 2.55. The Hall–Kier alpha value is -2.64. The zero-order valence-electron chi connectivity index (χ0n) is 22.1. The Kier molecular flexibility index (Phi) is 11.2. The molecular weight excluding hydrogens is 481 g/mol. The van der Waals surface area contributed by atoms with Gasteiger partial charge in [-0.15, -0.1) is 0 Å². The summed E-state index contributed by atoms with van der Waals surface area (Å²) in [6.07, 6.45) is -0.167. The van der Waals surface area contributed by atoms with Gasteiger partial charge in [-0.25, -0.2) is 4.39 Å². The number of carboxylic acids is 1. The van der Waals surface area contributed by atoms with Crippen molar-refractivity contribution in [2.24, 2.45) is 11.8 Å². The smallest absolute Gasteiger partial charge is 0.304 e. The van der Waals surface area contributed by atoms with Gasteiger partial charge in [-0.2, -0.15) is 0 Å². The second-order valence-corrected chi connectivity index (χ2v) is 10.9. The standard InChI is InChI=1S/C28H39ClFN3O3/c1-18(2)15-33(16-19(3)4)26-10-8-20(22(13-28(35)36)17-32(5)6)11-25(26)31-27(34)12-21-7-9-23(29)14-24(21)30/h7-11,14,18-19,22H,12-13,15-17H2,1-6H3,(H,31,34)(H,35,36). The Morgan fingerprint density at radius 1 is 1.00 bits per heavy atom. The van der Waals surface area contributed by atoms with Crippen molar-refractivity contribution in [3.63, 3.8) is 0 Å². The lowest BCUT2D eigenvalue weighted by molar-refractivity contribution is -0.137. The number of nitrogens with one attached hydrogen (secondary N) is 1. The van der Waals surface area contributed by atoms with Gasteiger partial charge in [-0.05, 0) is 61.3 Å². The van der Waals surface area contributed by atoms with Crippen LogP contribution in [0.1, 0.15) is 51.2 Å². The maximum Gasteiger partial charge on any atom is 0.304 e. The largest absolute Gasteiger partial charge is 0.481 e. The molecule has 8 heteroatoms. The van der Waals surface area contributed by atoms with Crippen LogP contribution in [0.25, 0.3) is 0 Å². The number of likely N-dealkylation sites (N-methyl/N-ethyl adjacent to an activating group) is 1. The van der Waals surface area contributed by atoms with Crippen LogP contribution in [0.4, 0.5) is 15.8 Å². The first-order valence-corrected chi connectivity index (χ1v) is 12.7. The van der Waals surface area contributed by atoms with Crippen LogP contribution >= 0.6 is 11.6 Å². The van der Waals surface area contributed by atoms with Crippen molar-refractivity contribution in [1.29, 1.82) is 0 Å². The zero-order chi connectivity index (χ0) is 27.0. The number of carbonyl (C=O) groups excluding carboxylic acids is 1. The lowest BCUT2D eigenvalue weighted by Gasteiger charge is -2.31. The summed E-state index contributed by atoms with van der Waals surface area (Å²) in [7, 11) is 3.80. The molecule has 2 aromatic rings. The molecule has 0 saturated carbocycles. The molecule has 0 bridgehead atoms. The molecule has 0 aliphatic carbocycles. The number of amides is 1. The number of carboxylic acid groups (broad SMARTS) is 1. The van der Waals surface area contributed by atoms with E-state index in [0.717, 1.165) is 24.3 Å². The van der Waals surface area contributed by atoms with E-state index in [4.69, 9.17) is 11.6 Å². The molecule has 0 aliphatic heterocycles. The van der Waals surface area contributed by atoms with Crippen LogP contribution in [-0.4, -0.2) is 55.6 Å². The highest BCUT2D eigenvalue weighted by Crippen LogP contribution is 2.33. The topological polar surface area (TPSA) is 72.9 Å². The van der Waals surface area contributed by atoms with Crippen LogP contribution in [0.5, 0.6) is 0 Å². The Morgan fingerprint density at radius 3 is 2.17 bits per heavy atom. The van der Waals surface area contributed by atoms with E-state index in [1.165, 1.54) is 12.1 Å². The Balaban J connectivity index is 2.48. The molecule has 0 spiro atoms. The Labute approximate surface area is 219 Å². The average Bonchev–Trinajstić information content (AvgIpc) is 2.73. The van der Waals surface area contributed by atoms with E-state index in [1.807, 2.05) is 37.2 Å². The van der Waals surface area contributed by atoms with Crippen molar-refractivity contribution in [2.45, 2.75) is 46.5 Å². The van der Waals surface area contributed by atoms with Gasteiger partial charge in [-0.1, -0.05) is 51.4 Å². The van der Waals surface area contributed by atoms with Gasteiger partial charge in [0.2, 0.25) is 5.91 Å². The maximum atomic E-state index is 14.3. The van der Waals surface area contributed by atoms with Crippen molar-refractivity contribution in [3.05, 3.63) is 58.4 Å². The van der Waals surface area contributed by atoms with Gasteiger partial charge in [0, 0.05) is 30.6 Å². The van der Waals surface area contributed by atoms with Crippen molar-refractivity contribution in [3.8, 4) is 0 Å². The van der Waals surface area contributed by atoms with E-state index in [2.05, 4.69) is 37.9 Å². The number of hydrogen-bond acceptors (Lipinski definition) is 4. The van der Waals surface area contributed by atoms with Crippen LogP contribution < -0.4 is 10.2 Å². The van der Waals surface area contributed by atoms with Crippen molar-refractivity contribution < 1.29 is 19.1 Å². The summed E-state index contributed by atoms with van der Waals surface area (Å²) in [4.78, 5) is 28.8. The first-order chi connectivity index (χ1) is 16.8. The van der Waals surface area contributed by atoms with Gasteiger partial charge in [-0.3, -0.25) is 9.59 Å². The summed E-state index contributed by atoms with van der Waals surface area (Å²) in [5.74, 6) is -1.23. The van der Waals surface area contributed by atoms with Crippen molar-refractivity contribution in [1.82, 2.24) is 4.90 Å². The molecule has 0 radical (unpaired) electrons. The van der Waals surface area contributed by atoms with Crippen LogP contribution in [0.15, 0.2) is 36.4 Å². The first kappa shape index (κ1) is 29.6. The van der Waals surface area contributed by atoms with Gasteiger partial charge < -0.3 is 20.2 Å². The van der Waals surface area contributed by atoms with Gasteiger partial charge in [0.25, 0.3) is 0 Å². The molecule has 2 aromatic carbocycles. The number of halogens is 2. The highest BCUT2D eigenvalue weighted by atomic mass is 35.5. The third-order valence-electron chi connectivity index (χ3n) is 5.65. The molecule has 2 rings (SSSR count). The molecule has 0 aromatic heterocycles. The number of aliphatic carboxylic acids is 1. The van der Waals surface area contributed by atoms with E-state index in [1.54, 1.807) is 6.07 Å². The number of hydrogen-bond donors (Lipinski definition) is 2. The van der Waals surface area contributed by atoms with Crippen LogP contribution in [-0.2, 0) is 16.0 Å². The summed E-state index contributed by atoms with van der Waals surface area (Å²) in [6, 6.07) is 10.1. The Morgan fingerprint density at radius 2 is 1.64 bits per heavy atom. The number of nitrogens with zero attached hydrogens (tertiary/aromatic N) is 2. The molecule has 1 amide bonds. The molecule has 1 unspecified atom stereocenters. The van der Waals surface area contributed by atoms with E-state index in [-0.39, 0.29) is 35.3 Å². The molecule has 0 aliphatic rings. The summed E-state index contributed by atoms with van der Waals surface area (Å²) in [6.45, 7) is 10.7. The monoisotopic (exact) mass is 519 g/mol. The van der Waals surface area contributed by atoms with Gasteiger partial charge in [0.1, 0.15) is 5.82 Å². The van der Waals surface area contributed by atoms with Gasteiger partial charge >= 0.3 is 5.97 Å². The number of anilines is 2. The van der Waals surface area contributed by atoms with E-state index < -0.39 is 11.8 Å². The SMILES string of the molecule is CC(C)CN(CC(C)C)c1ccc(C(CC(=O)O)CN(C)C)cc1NC(=O)Cc1ccc(Cl)cc1F. The van der Waals surface area contributed by atoms with E-state index >= 15 is 0 Å². The fourth-order valence-electron chi connectivity index (χ4n) is 4.31. The van der Waals surface area contributed by atoms with E-state index in [9.17, 15) is 19.1 Å². The second-order valence-electron chi connectivity index (χ2n) is 10.5.